The molecule has 0 fully saturated rings. The SMILES string of the molecule is COc1c(Br)c(Br)c(Cc2ccc(C(Br)(OC)OC)cc2)c(Br)c1OC. The number of benzene rings is 2. The second-order valence-electron chi connectivity index (χ2n) is 5.31. The first-order valence-corrected chi connectivity index (χ1v) is 10.7. The minimum Gasteiger partial charge on any atom is -0.492 e. The summed E-state index contributed by atoms with van der Waals surface area (Å²) in [7, 11) is 6.40. The summed E-state index contributed by atoms with van der Waals surface area (Å²) in [5.41, 5.74) is 3.04. The lowest BCUT2D eigenvalue weighted by molar-refractivity contribution is -0.133. The fourth-order valence-corrected chi connectivity index (χ4v) is 4.84. The van der Waals surface area contributed by atoms with Crippen molar-refractivity contribution in [3.63, 3.8) is 0 Å². The Kier molecular flexibility index (Phi) is 8.00. The molecule has 0 heterocycles. The van der Waals surface area contributed by atoms with Crippen molar-refractivity contribution in [1.82, 2.24) is 0 Å². The number of alkyl halides is 1. The van der Waals surface area contributed by atoms with Crippen LogP contribution in [0.3, 0.4) is 0 Å². The van der Waals surface area contributed by atoms with Crippen molar-refractivity contribution in [3.05, 3.63) is 54.4 Å². The van der Waals surface area contributed by atoms with Gasteiger partial charge in [0.1, 0.15) is 0 Å². The molecule has 2 aromatic rings. The van der Waals surface area contributed by atoms with Gasteiger partial charge in [0.25, 0.3) is 4.70 Å². The van der Waals surface area contributed by atoms with E-state index in [4.69, 9.17) is 18.9 Å². The van der Waals surface area contributed by atoms with Crippen molar-refractivity contribution in [2.75, 3.05) is 28.4 Å². The van der Waals surface area contributed by atoms with Crippen molar-refractivity contribution in [1.29, 1.82) is 0 Å². The lowest BCUT2D eigenvalue weighted by atomic mass is 10.0. The standard InChI is InChI=1S/C18H18Br4O4/c1-23-16-14(20)12(13(19)15(21)17(16)24-2)9-10-5-7-11(8-6-10)18(22,25-3)26-4/h5-8H,9H2,1-4H3. The van der Waals surface area contributed by atoms with E-state index in [1.807, 2.05) is 24.3 Å². The first-order valence-electron chi connectivity index (χ1n) is 7.48. The maximum atomic E-state index is 5.51. The molecule has 4 nitrogen and oxygen atoms in total. The van der Waals surface area contributed by atoms with Gasteiger partial charge in [0.2, 0.25) is 0 Å². The van der Waals surface area contributed by atoms with Gasteiger partial charge in [0, 0.05) is 24.3 Å². The van der Waals surface area contributed by atoms with E-state index in [0.29, 0.717) is 17.9 Å². The zero-order valence-electron chi connectivity index (χ0n) is 14.7. The third kappa shape index (κ3) is 4.31. The maximum Gasteiger partial charge on any atom is 0.253 e. The third-order valence-electron chi connectivity index (χ3n) is 3.94. The molecule has 0 radical (unpaired) electrons. The van der Waals surface area contributed by atoms with Gasteiger partial charge in [-0.2, -0.15) is 0 Å². The number of rotatable bonds is 7. The second kappa shape index (κ2) is 9.39. The van der Waals surface area contributed by atoms with Crippen LogP contribution in [0.15, 0.2) is 37.7 Å². The van der Waals surface area contributed by atoms with Gasteiger partial charge in [-0.05, 0) is 81.3 Å². The van der Waals surface area contributed by atoms with Crippen molar-refractivity contribution in [2.24, 2.45) is 0 Å². The smallest absolute Gasteiger partial charge is 0.253 e. The van der Waals surface area contributed by atoms with Crippen LogP contribution in [0.4, 0.5) is 0 Å². The van der Waals surface area contributed by atoms with E-state index in [1.165, 1.54) is 0 Å². The Hall–Kier alpha value is -0.120. The van der Waals surface area contributed by atoms with Gasteiger partial charge in [0.15, 0.2) is 11.5 Å². The van der Waals surface area contributed by atoms with Gasteiger partial charge in [-0.15, -0.1) is 0 Å². The summed E-state index contributed by atoms with van der Waals surface area (Å²) in [5.74, 6) is 1.28. The average Bonchev–Trinajstić information content (AvgIpc) is 2.67. The van der Waals surface area contributed by atoms with Gasteiger partial charge >= 0.3 is 0 Å². The highest BCUT2D eigenvalue weighted by Gasteiger charge is 2.28. The minimum absolute atomic E-state index is 0.634. The monoisotopic (exact) mass is 614 g/mol. The largest absolute Gasteiger partial charge is 0.492 e. The topological polar surface area (TPSA) is 36.9 Å². The molecule has 0 bridgehead atoms. The van der Waals surface area contributed by atoms with E-state index in [2.05, 4.69) is 63.7 Å². The van der Waals surface area contributed by atoms with Crippen LogP contribution in [-0.4, -0.2) is 28.4 Å². The molecule has 0 unspecified atom stereocenters. The van der Waals surface area contributed by atoms with Gasteiger partial charge in [-0.1, -0.05) is 24.3 Å². The first-order chi connectivity index (χ1) is 12.3. The summed E-state index contributed by atoms with van der Waals surface area (Å²) in [5, 5.41) is 0. The Morgan fingerprint density at radius 3 is 1.73 bits per heavy atom. The summed E-state index contributed by atoms with van der Waals surface area (Å²) in [4.78, 5) is 0. The molecule has 2 aromatic carbocycles. The molecule has 0 N–H and O–H groups in total. The van der Waals surface area contributed by atoms with Crippen LogP contribution in [-0.2, 0) is 20.6 Å². The summed E-state index contributed by atoms with van der Waals surface area (Å²) in [6.07, 6.45) is 0.690. The summed E-state index contributed by atoms with van der Waals surface area (Å²) in [6.45, 7) is 0. The summed E-state index contributed by atoms with van der Waals surface area (Å²) >= 11 is 14.3. The molecule has 0 saturated heterocycles. The van der Waals surface area contributed by atoms with Crippen LogP contribution in [0.25, 0.3) is 0 Å². The van der Waals surface area contributed by atoms with E-state index in [9.17, 15) is 0 Å². The van der Waals surface area contributed by atoms with Crippen molar-refractivity contribution in [3.8, 4) is 11.5 Å². The van der Waals surface area contributed by atoms with Crippen molar-refractivity contribution >= 4 is 63.7 Å². The quantitative estimate of drug-likeness (QED) is 0.205. The Bertz CT molecular complexity index is 774. The summed E-state index contributed by atoms with van der Waals surface area (Å²) < 4.78 is 23.3. The average molecular weight is 618 g/mol. The molecule has 0 amide bonds. The predicted molar refractivity (Wildman–Crippen MR) is 117 cm³/mol. The Morgan fingerprint density at radius 1 is 0.769 bits per heavy atom. The van der Waals surface area contributed by atoms with Crippen molar-refractivity contribution in [2.45, 2.75) is 11.1 Å². The third-order valence-corrected chi connectivity index (χ3v) is 8.05. The maximum absolute atomic E-state index is 5.51. The molecule has 0 spiro atoms. The lowest BCUT2D eigenvalue weighted by Gasteiger charge is -2.24. The molecule has 0 aromatic heterocycles. The lowest BCUT2D eigenvalue weighted by Crippen LogP contribution is -2.22. The highest BCUT2D eigenvalue weighted by atomic mass is 79.9. The predicted octanol–water partition coefficient (Wildman–Crippen LogP) is 6.38. The van der Waals surface area contributed by atoms with E-state index in [-0.39, 0.29) is 0 Å². The molecule has 26 heavy (non-hydrogen) atoms. The highest BCUT2D eigenvalue weighted by molar-refractivity contribution is 9.13. The fraction of sp³-hybridized carbons (Fsp3) is 0.333. The molecule has 0 aliphatic rings. The van der Waals surface area contributed by atoms with Crippen LogP contribution in [0, 0.1) is 0 Å². The molecular formula is C18H18Br4O4. The zero-order chi connectivity index (χ0) is 19.5. The summed E-state index contributed by atoms with van der Waals surface area (Å²) in [6, 6.07) is 8.00. The Morgan fingerprint density at radius 2 is 1.27 bits per heavy atom. The molecular weight excluding hydrogens is 600 g/mol. The van der Waals surface area contributed by atoms with Crippen LogP contribution < -0.4 is 9.47 Å². The van der Waals surface area contributed by atoms with Crippen LogP contribution in [0.1, 0.15) is 16.7 Å². The number of hydrogen-bond acceptors (Lipinski definition) is 4. The molecule has 142 valence electrons. The highest BCUT2D eigenvalue weighted by Crippen LogP contribution is 2.48. The zero-order valence-corrected chi connectivity index (χ0v) is 21.0. The first kappa shape index (κ1) is 22.2. The van der Waals surface area contributed by atoms with Crippen LogP contribution in [0.5, 0.6) is 11.5 Å². The van der Waals surface area contributed by atoms with E-state index in [1.54, 1.807) is 28.4 Å². The van der Waals surface area contributed by atoms with Gasteiger partial charge in [0.05, 0.1) is 23.2 Å². The molecule has 8 heteroatoms. The molecule has 2 rings (SSSR count). The van der Waals surface area contributed by atoms with Crippen molar-refractivity contribution < 1.29 is 18.9 Å². The molecule has 0 aliphatic carbocycles. The molecule has 0 atom stereocenters. The minimum atomic E-state index is -0.945. The fourth-order valence-electron chi connectivity index (χ4n) is 2.53. The number of halogens is 4. The Balaban J connectivity index is 2.42. The number of hydrogen-bond donors (Lipinski definition) is 0. The molecule has 0 saturated carbocycles. The van der Waals surface area contributed by atoms with Crippen LogP contribution in [0.2, 0.25) is 0 Å². The Labute approximate surface area is 187 Å². The second-order valence-corrected chi connectivity index (χ2v) is 8.73. The van der Waals surface area contributed by atoms with Gasteiger partial charge < -0.3 is 18.9 Å². The molecule has 0 aliphatic heterocycles. The van der Waals surface area contributed by atoms with Crippen LogP contribution >= 0.6 is 63.7 Å². The number of ether oxygens (including phenoxy) is 4. The van der Waals surface area contributed by atoms with E-state index >= 15 is 0 Å². The van der Waals surface area contributed by atoms with E-state index < -0.39 is 4.70 Å². The van der Waals surface area contributed by atoms with Gasteiger partial charge in [-0.25, -0.2) is 0 Å². The van der Waals surface area contributed by atoms with Gasteiger partial charge in [-0.3, -0.25) is 0 Å². The van der Waals surface area contributed by atoms with E-state index in [0.717, 1.165) is 30.1 Å². The normalized spacial score (nSPS) is 11.5. The number of methoxy groups -OCH3 is 4.